The van der Waals surface area contributed by atoms with Crippen molar-refractivity contribution in [3.8, 4) is 0 Å². The minimum Gasteiger partial charge on any atom is -0.255 e. The Hall–Kier alpha value is -0.470. The summed E-state index contributed by atoms with van der Waals surface area (Å²) in [5.74, 6) is 1.47. The molecule has 1 nitrogen and oxygen atoms in total. The van der Waals surface area contributed by atoms with Gasteiger partial charge in [0.15, 0.2) is 0 Å². The van der Waals surface area contributed by atoms with Gasteiger partial charge in [0.25, 0.3) is 0 Å². The number of thiol groups is 1. The number of hydrogen-bond donors (Lipinski definition) is 1. The van der Waals surface area contributed by atoms with Crippen LogP contribution in [0, 0.1) is 11.8 Å². The van der Waals surface area contributed by atoms with E-state index in [0.717, 1.165) is 18.0 Å². The summed E-state index contributed by atoms with van der Waals surface area (Å²) >= 11 is 10.3. The third kappa shape index (κ3) is 1.29. The Morgan fingerprint density at radius 3 is 2.86 bits per heavy atom. The maximum Gasteiger partial charge on any atom is 0.0659 e. The van der Waals surface area contributed by atoms with E-state index in [1.54, 1.807) is 6.20 Å². The predicted octanol–water partition coefficient (Wildman–Crippen LogP) is 3.07. The second-order valence-electron chi connectivity index (χ2n) is 3.99. The number of fused-ring (bicyclic) bond motifs is 1. The summed E-state index contributed by atoms with van der Waals surface area (Å²) in [4.78, 5) is 4.32. The summed E-state index contributed by atoms with van der Waals surface area (Å²) in [5.41, 5.74) is 2.43. The Kier molecular flexibility index (Phi) is 1.89. The van der Waals surface area contributed by atoms with Crippen LogP contribution in [-0.2, 0) is 0 Å². The summed E-state index contributed by atoms with van der Waals surface area (Å²) in [5, 5.41) is 1.30. The molecule has 0 aromatic carbocycles. The molecule has 3 heteroatoms. The summed E-state index contributed by atoms with van der Waals surface area (Å²) in [6.07, 6.45) is 5.16. The highest BCUT2D eigenvalue weighted by Gasteiger charge is 2.50. The fourth-order valence-corrected chi connectivity index (χ4v) is 2.79. The van der Waals surface area contributed by atoms with Crippen LogP contribution in [0.15, 0.2) is 24.4 Å². The molecule has 3 atom stereocenters. The first kappa shape index (κ1) is 8.81. The lowest BCUT2D eigenvalue weighted by Gasteiger charge is -2.03. The molecule has 0 N–H and O–H groups in total. The van der Waals surface area contributed by atoms with E-state index in [1.807, 2.05) is 12.1 Å². The lowest BCUT2D eigenvalue weighted by Crippen LogP contribution is -1.90. The summed E-state index contributed by atoms with van der Waals surface area (Å²) in [7, 11) is 0. The van der Waals surface area contributed by atoms with Gasteiger partial charge in [-0.05, 0) is 36.0 Å². The minimum absolute atomic E-state index is 0.603. The van der Waals surface area contributed by atoms with Crippen LogP contribution >= 0.6 is 24.2 Å². The van der Waals surface area contributed by atoms with Crippen molar-refractivity contribution in [2.45, 2.75) is 11.7 Å². The molecule has 1 heterocycles. The molecular weight excluding hydrogens is 214 g/mol. The van der Waals surface area contributed by atoms with Crippen molar-refractivity contribution in [3.63, 3.8) is 0 Å². The van der Waals surface area contributed by atoms with Gasteiger partial charge in [-0.3, -0.25) is 4.98 Å². The zero-order valence-electron chi connectivity index (χ0n) is 7.52. The van der Waals surface area contributed by atoms with Crippen molar-refractivity contribution in [2.24, 2.45) is 11.8 Å². The molecule has 2 aliphatic carbocycles. The number of allylic oxidation sites excluding steroid dienone is 2. The van der Waals surface area contributed by atoms with Crippen molar-refractivity contribution in [1.82, 2.24) is 4.98 Å². The fraction of sp³-hybridized carbons (Fsp3) is 0.364. The second-order valence-corrected chi connectivity index (χ2v) is 5.02. The van der Waals surface area contributed by atoms with E-state index in [1.165, 1.54) is 5.57 Å². The highest BCUT2D eigenvalue weighted by molar-refractivity contribution is 7.81. The lowest BCUT2D eigenvalue weighted by atomic mass is 10.1. The molecule has 3 rings (SSSR count). The Bertz CT molecular complexity index is 398. The molecule has 14 heavy (non-hydrogen) atoms. The Morgan fingerprint density at radius 1 is 1.43 bits per heavy atom. The number of nitrogens with zero attached hydrogens (tertiary/aromatic N) is 1. The summed E-state index contributed by atoms with van der Waals surface area (Å²) in [6.45, 7) is 0. The third-order valence-electron chi connectivity index (χ3n) is 3.09. The van der Waals surface area contributed by atoms with Crippen LogP contribution in [0.1, 0.15) is 12.1 Å². The quantitative estimate of drug-likeness (QED) is 0.723. The second kappa shape index (κ2) is 3.01. The first-order valence-electron chi connectivity index (χ1n) is 4.76. The van der Waals surface area contributed by atoms with Crippen molar-refractivity contribution >= 4 is 29.8 Å². The van der Waals surface area contributed by atoms with E-state index in [0.29, 0.717) is 16.2 Å². The highest BCUT2D eigenvalue weighted by Crippen LogP contribution is 2.55. The molecular formula is C11H10ClNS. The topological polar surface area (TPSA) is 12.9 Å². The third-order valence-corrected chi connectivity index (χ3v) is 4.04. The van der Waals surface area contributed by atoms with E-state index in [2.05, 4.69) is 23.7 Å². The van der Waals surface area contributed by atoms with Gasteiger partial charge in [0.2, 0.25) is 0 Å². The van der Waals surface area contributed by atoms with Gasteiger partial charge in [-0.15, -0.1) is 0 Å². The average Bonchev–Trinajstić information content (AvgIpc) is 2.66. The van der Waals surface area contributed by atoms with Crippen molar-refractivity contribution < 1.29 is 0 Å². The molecule has 1 fully saturated rings. The Balaban J connectivity index is 1.87. The van der Waals surface area contributed by atoms with Crippen LogP contribution in [0.4, 0.5) is 0 Å². The van der Waals surface area contributed by atoms with Gasteiger partial charge < -0.3 is 0 Å². The van der Waals surface area contributed by atoms with E-state index in [-0.39, 0.29) is 0 Å². The standard InChI is InChI=1S/C11H10ClNS/c12-7-1-2-10(13-5-7)6-3-8-9(4-6)11(8)14/h1-3,5,8-9,11,14H,4H2. The SMILES string of the molecule is SC1C2C=C(c3ccc(Cl)cn3)CC12. The van der Waals surface area contributed by atoms with E-state index >= 15 is 0 Å². The monoisotopic (exact) mass is 223 g/mol. The average molecular weight is 224 g/mol. The molecule has 0 aliphatic heterocycles. The highest BCUT2D eigenvalue weighted by atomic mass is 35.5. The van der Waals surface area contributed by atoms with E-state index < -0.39 is 0 Å². The van der Waals surface area contributed by atoms with Crippen LogP contribution in [0.2, 0.25) is 5.02 Å². The normalized spacial score (nSPS) is 33.9. The van der Waals surface area contributed by atoms with Gasteiger partial charge in [0.05, 0.1) is 10.7 Å². The van der Waals surface area contributed by atoms with Crippen LogP contribution in [-0.4, -0.2) is 10.2 Å². The molecule has 2 aliphatic rings. The number of pyridine rings is 1. The number of hydrogen-bond acceptors (Lipinski definition) is 2. The Labute approximate surface area is 93.6 Å². The van der Waals surface area contributed by atoms with Gasteiger partial charge in [-0.2, -0.15) is 12.6 Å². The minimum atomic E-state index is 0.603. The van der Waals surface area contributed by atoms with Gasteiger partial charge in [-0.1, -0.05) is 17.7 Å². The molecule has 72 valence electrons. The molecule has 1 saturated carbocycles. The van der Waals surface area contributed by atoms with Crippen molar-refractivity contribution in [3.05, 3.63) is 35.1 Å². The van der Waals surface area contributed by atoms with Crippen LogP contribution in [0.25, 0.3) is 5.57 Å². The van der Waals surface area contributed by atoms with Crippen molar-refractivity contribution in [1.29, 1.82) is 0 Å². The maximum atomic E-state index is 5.78. The first-order chi connectivity index (χ1) is 6.75. The smallest absolute Gasteiger partial charge is 0.0659 e. The summed E-state index contributed by atoms with van der Waals surface area (Å²) < 4.78 is 0. The largest absolute Gasteiger partial charge is 0.255 e. The van der Waals surface area contributed by atoms with Gasteiger partial charge in [0, 0.05) is 11.4 Å². The molecule has 1 aromatic heterocycles. The van der Waals surface area contributed by atoms with Gasteiger partial charge >= 0.3 is 0 Å². The molecule has 0 amide bonds. The van der Waals surface area contributed by atoms with Crippen molar-refractivity contribution in [2.75, 3.05) is 0 Å². The molecule has 3 unspecified atom stereocenters. The van der Waals surface area contributed by atoms with E-state index in [9.17, 15) is 0 Å². The van der Waals surface area contributed by atoms with Crippen LogP contribution < -0.4 is 0 Å². The van der Waals surface area contributed by atoms with Gasteiger partial charge in [-0.25, -0.2) is 0 Å². The molecule has 0 saturated heterocycles. The molecule has 1 aromatic rings. The number of halogens is 1. The van der Waals surface area contributed by atoms with E-state index in [4.69, 9.17) is 11.6 Å². The molecule has 0 radical (unpaired) electrons. The fourth-order valence-electron chi connectivity index (χ4n) is 2.17. The zero-order chi connectivity index (χ0) is 9.71. The van der Waals surface area contributed by atoms with Crippen LogP contribution in [0.3, 0.4) is 0 Å². The van der Waals surface area contributed by atoms with Gasteiger partial charge in [0.1, 0.15) is 0 Å². The Morgan fingerprint density at radius 2 is 2.29 bits per heavy atom. The maximum absolute atomic E-state index is 5.78. The van der Waals surface area contributed by atoms with Crippen LogP contribution in [0.5, 0.6) is 0 Å². The zero-order valence-corrected chi connectivity index (χ0v) is 9.17. The molecule has 0 spiro atoms. The number of rotatable bonds is 1. The first-order valence-corrected chi connectivity index (χ1v) is 5.66. The molecule has 0 bridgehead atoms. The number of aromatic nitrogens is 1. The predicted molar refractivity (Wildman–Crippen MR) is 61.6 cm³/mol. The lowest BCUT2D eigenvalue weighted by molar-refractivity contribution is 0.863. The summed E-state index contributed by atoms with van der Waals surface area (Å²) in [6, 6.07) is 3.89.